The lowest BCUT2D eigenvalue weighted by Crippen LogP contribution is -2.42. The van der Waals surface area contributed by atoms with Crippen LogP contribution >= 0.6 is 7.67 Å². The molecule has 0 saturated carbocycles. The largest absolute Gasteiger partial charge is 0.460 e. The van der Waals surface area contributed by atoms with Crippen LogP contribution in [-0.4, -0.2) is 46.3 Å². The predicted octanol–water partition coefficient (Wildman–Crippen LogP) is 2.87. The van der Waals surface area contributed by atoms with Gasteiger partial charge in [-0.3, -0.25) is 28.5 Å². The third kappa shape index (κ3) is 9.18. The van der Waals surface area contributed by atoms with Crippen LogP contribution in [0.5, 0.6) is 0 Å². The van der Waals surface area contributed by atoms with Crippen LogP contribution in [-0.2, 0) is 46.1 Å². The number of aryl methyl sites for hydroxylation is 1. The Labute approximate surface area is 253 Å². The Morgan fingerprint density at radius 2 is 1.43 bits per heavy atom. The summed E-state index contributed by atoms with van der Waals surface area (Å²) in [7, 11) is -4.13. The molecule has 2 aromatic carbocycles. The van der Waals surface area contributed by atoms with E-state index >= 15 is 0 Å². The molecule has 0 aliphatic carbocycles. The zero-order valence-corrected chi connectivity index (χ0v) is 25.4. The van der Waals surface area contributed by atoms with Crippen LogP contribution in [0.2, 0.25) is 0 Å². The number of carbonyl (C=O) groups is 2. The number of hydrogen-bond acceptors (Lipinski definition) is 9. The Morgan fingerprint density at radius 1 is 0.909 bits per heavy atom. The normalized spacial score (nSPS) is 17.6. The van der Waals surface area contributed by atoms with Crippen LogP contribution in [0, 0.1) is 6.92 Å². The van der Waals surface area contributed by atoms with Gasteiger partial charge in [0.15, 0.2) is 6.23 Å². The van der Waals surface area contributed by atoms with Crippen molar-refractivity contribution in [2.24, 2.45) is 0 Å². The number of carbonyl (C=O) groups excluding carboxylic acids is 2. The SMILES string of the molecule is Cc1cn([C@H]2C=C[C@@H](COP(=O)(N[C@H](C)C(=O)OCc3ccccc3)N[C@H](C)C(=O)OCc3ccccc3)O2)c(=O)[nH]c1=O. The highest BCUT2D eigenvalue weighted by atomic mass is 31.2. The molecule has 1 aliphatic heterocycles. The molecular formula is C30H35N4O9P. The Hall–Kier alpha value is -4.13. The maximum atomic E-state index is 14.0. The Balaban J connectivity index is 1.40. The van der Waals surface area contributed by atoms with Crippen LogP contribution < -0.4 is 21.4 Å². The number of aromatic nitrogens is 2. The first-order chi connectivity index (χ1) is 21.0. The van der Waals surface area contributed by atoms with Gasteiger partial charge >= 0.3 is 25.3 Å². The lowest BCUT2D eigenvalue weighted by atomic mass is 10.2. The minimum atomic E-state index is -4.13. The highest BCUT2D eigenvalue weighted by Gasteiger charge is 2.35. The first kappa shape index (κ1) is 32.8. The van der Waals surface area contributed by atoms with E-state index in [1.807, 2.05) is 36.4 Å². The molecule has 44 heavy (non-hydrogen) atoms. The molecule has 0 spiro atoms. The number of H-pyrrole nitrogens is 1. The van der Waals surface area contributed by atoms with Crippen LogP contribution in [0.3, 0.4) is 0 Å². The molecule has 4 rings (SSSR count). The van der Waals surface area contributed by atoms with E-state index in [9.17, 15) is 23.7 Å². The fourth-order valence-electron chi connectivity index (χ4n) is 4.13. The van der Waals surface area contributed by atoms with E-state index < -0.39 is 55.3 Å². The predicted molar refractivity (Wildman–Crippen MR) is 160 cm³/mol. The molecular weight excluding hydrogens is 591 g/mol. The number of hydrogen-bond donors (Lipinski definition) is 3. The second-order valence-corrected chi connectivity index (χ2v) is 12.0. The lowest BCUT2D eigenvalue weighted by Gasteiger charge is -2.27. The van der Waals surface area contributed by atoms with Gasteiger partial charge < -0.3 is 18.7 Å². The zero-order valence-electron chi connectivity index (χ0n) is 24.5. The van der Waals surface area contributed by atoms with Crippen molar-refractivity contribution in [1.29, 1.82) is 0 Å². The topological polar surface area (TPSA) is 167 Å². The number of esters is 2. The molecule has 0 unspecified atom stereocenters. The maximum absolute atomic E-state index is 14.0. The first-order valence-corrected chi connectivity index (χ1v) is 15.5. The summed E-state index contributed by atoms with van der Waals surface area (Å²) in [5, 5.41) is 5.29. The molecule has 0 amide bonds. The minimum absolute atomic E-state index is 0.0121. The number of nitrogens with one attached hydrogen (secondary N) is 3. The number of nitrogens with zero attached hydrogens (tertiary/aromatic N) is 1. The van der Waals surface area contributed by atoms with Gasteiger partial charge in [-0.1, -0.05) is 66.7 Å². The van der Waals surface area contributed by atoms with E-state index in [0.29, 0.717) is 5.56 Å². The molecule has 4 atom stereocenters. The van der Waals surface area contributed by atoms with Gasteiger partial charge in [0, 0.05) is 11.8 Å². The second-order valence-electron chi connectivity index (χ2n) is 10.2. The van der Waals surface area contributed by atoms with Crippen molar-refractivity contribution in [2.45, 2.75) is 58.4 Å². The lowest BCUT2D eigenvalue weighted by molar-refractivity contribution is -0.147. The molecule has 0 radical (unpaired) electrons. The Bertz CT molecular complexity index is 1560. The quantitative estimate of drug-likeness (QED) is 0.137. The van der Waals surface area contributed by atoms with E-state index in [1.54, 1.807) is 43.3 Å². The van der Waals surface area contributed by atoms with Gasteiger partial charge in [-0.15, -0.1) is 0 Å². The van der Waals surface area contributed by atoms with E-state index in [-0.39, 0.29) is 19.8 Å². The monoisotopic (exact) mass is 626 g/mol. The number of benzene rings is 2. The average molecular weight is 627 g/mol. The van der Waals surface area contributed by atoms with Crippen molar-refractivity contribution in [3.8, 4) is 0 Å². The summed E-state index contributed by atoms with van der Waals surface area (Å²) in [6.45, 7) is 4.21. The van der Waals surface area contributed by atoms with E-state index in [4.69, 9.17) is 18.7 Å². The van der Waals surface area contributed by atoms with E-state index in [1.165, 1.54) is 24.6 Å². The minimum Gasteiger partial charge on any atom is -0.460 e. The van der Waals surface area contributed by atoms with Gasteiger partial charge in [-0.25, -0.2) is 15.0 Å². The molecule has 0 saturated heterocycles. The maximum Gasteiger partial charge on any atom is 0.342 e. The molecule has 14 heteroatoms. The van der Waals surface area contributed by atoms with Crippen molar-refractivity contribution in [3.63, 3.8) is 0 Å². The molecule has 2 heterocycles. The standard InChI is InChI=1S/C30H35N4O9P/c1-20-16-34(30(38)31-27(20)35)26-15-14-25(43-26)19-42-44(39,32-21(2)28(36)40-17-23-10-6-4-7-11-23)33-22(3)29(37)41-18-24-12-8-5-9-13-24/h4-16,21-22,25-26H,17-19H2,1-3H3,(H,31,35,38)(H2,32,33,39)/t21-,22-,25+,26-/m1/s1. The summed E-state index contributed by atoms with van der Waals surface area (Å²) in [6.07, 6.45) is 2.98. The molecule has 1 aromatic heterocycles. The van der Waals surface area contributed by atoms with Crippen LogP contribution in [0.1, 0.15) is 36.8 Å². The van der Waals surface area contributed by atoms with Crippen molar-refractivity contribution >= 4 is 19.6 Å². The molecule has 0 bridgehead atoms. The number of aromatic amines is 1. The Kier molecular flexibility index (Phi) is 11.2. The van der Waals surface area contributed by atoms with Gasteiger partial charge in [0.05, 0.1) is 6.61 Å². The fraction of sp³-hybridized carbons (Fsp3) is 0.333. The van der Waals surface area contributed by atoms with Gasteiger partial charge in [0.1, 0.15) is 31.4 Å². The summed E-state index contributed by atoms with van der Waals surface area (Å²) in [6, 6.07) is 15.9. The molecule has 3 N–H and O–H groups in total. The second kappa shape index (κ2) is 15.0. The fourth-order valence-corrected chi connectivity index (χ4v) is 5.94. The number of rotatable bonds is 14. The third-order valence-electron chi connectivity index (χ3n) is 6.53. The van der Waals surface area contributed by atoms with Crippen LogP contribution in [0.4, 0.5) is 0 Å². The highest BCUT2D eigenvalue weighted by Crippen LogP contribution is 2.40. The van der Waals surface area contributed by atoms with Crippen LogP contribution in [0.15, 0.2) is 88.6 Å². The zero-order chi connectivity index (χ0) is 31.7. The van der Waals surface area contributed by atoms with E-state index in [0.717, 1.165) is 11.1 Å². The van der Waals surface area contributed by atoms with Crippen molar-refractivity contribution in [2.75, 3.05) is 6.61 Å². The molecule has 13 nitrogen and oxygen atoms in total. The van der Waals surface area contributed by atoms with Crippen molar-refractivity contribution in [1.82, 2.24) is 19.7 Å². The summed E-state index contributed by atoms with van der Waals surface area (Å²) in [5.74, 6) is -1.38. The van der Waals surface area contributed by atoms with E-state index in [2.05, 4.69) is 15.2 Å². The van der Waals surface area contributed by atoms with Crippen molar-refractivity contribution < 1.29 is 32.9 Å². The molecule has 3 aromatic rings. The van der Waals surface area contributed by atoms with Gasteiger partial charge in [0.25, 0.3) is 5.56 Å². The Morgan fingerprint density at radius 3 is 1.95 bits per heavy atom. The van der Waals surface area contributed by atoms with Gasteiger partial charge in [0.2, 0.25) is 0 Å². The summed E-state index contributed by atoms with van der Waals surface area (Å²) in [4.78, 5) is 51.7. The average Bonchev–Trinajstić information content (AvgIpc) is 3.49. The van der Waals surface area contributed by atoms with Gasteiger partial charge in [-0.05, 0) is 38.0 Å². The summed E-state index contributed by atoms with van der Waals surface area (Å²) >= 11 is 0. The smallest absolute Gasteiger partial charge is 0.342 e. The van der Waals surface area contributed by atoms with Crippen LogP contribution in [0.25, 0.3) is 0 Å². The summed E-state index contributed by atoms with van der Waals surface area (Å²) in [5.41, 5.74) is 0.713. The van der Waals surface area contributed by atoms with Gasteiger partial charge in [-0.2, -0.15) is 0 Å². The molecule has 1 aliphatic rings. The molecule has 0 fully saturated rings. The third-order valence-corrected chi connectivity index (χ3v) is 8.49. The molecule has 234 valence electrons. The first-order valence-electron chi connectivity index (χ1n) is 13.9. The van der Waals surface area contributed by atoms with Crippen molar-refractivity contribution in [3.05, 3.63) is 117 Å². The number of ether oxygens (including phenoxy) is 3. The highest BCUT2D eigenvalue weighted by molar-refractivity contribution is 7.54. The summed E-state index contributed by atoms with van der Waals surface area (Å²) < 4.78 is 37.5.